The van der Waals surface area contributed by atoms with Crippen LogP contribution < -0.4 is 5.73 Å². The minimum absolute atomic E-state index is 0.0374. The molecule has 2 saturated carbocycles. The highest BCUT2D eigenvalue weighted by atomic mass is 16.5. The van der Waals surface area contributed by atoms with Gasteiger partial charge in [0.1, 0.15) is 6.04 Å². The fraction of sp³-hybridized carbons (Fsp3) is 0.952. The van der Waals surface area contributed by atoms with Crippen molar-refractivity contribution in [1.82, 2.24) is 4.90 Å². The lowest BCUT2D eigenvalue weighted by molar-refractivity contribution is -0.138. The Hall–Kier alpha value is -0.650. The molecule has 1 amide bonds. The molecule has 3 fully saturated rings. The quantitative estimate of drug-likeness (QED) is 0.752. The van der Waals surface area contributed by atoms with Crippen LogP contribution in [0.5, 0.6) is 0 Å². The molecule has 2 N–H and O–H groups in total. The van der Waals surface area contributed by atoms with Crippen LogP contribution >= 0.6 is 0 Å². The minimum Gasteiger partial charge on any atom is -0.384 e. The van der Waals surface area contributed by atoms with Crippen molar-refractivity contribution in [2.75, 3.05) is 33.4 Å². The SMILES string of the molecule is COC[C@H]1CCCN(C(=O)[C@@H](N)[C@@H](C)OCC2CCC3(CCC3)CC2)C1. The highest BCUT2D eigenvalue weighted by Gasteiger charge is 2.40. The summed E-state index contributed by atoms with van der Waals surface area (Å²) in [5.41, 5.74) is 6.95. The summed E-state index contributed by atoms with van der Waals surface area (Å²) in [5.74, 6) is 1.12. The van der Waals surface area contributed by atoms with E-state index in [0.29, 0.717) is 23.9 Å². The van der Waals surface area contributed by atoms with Crippen LogP contribution in [0.3, 0.4) is 0 Å². The second-order valence-corrected chi connectivity index (χ2v) is 9.11. The van der Waals surface area contributed by atoms with E-state index in [4.69, 9.17) is 15.2 Å². The van der Waals surface area contributed by atoms with Crippen LogP contribution in [0, 0.1) is 17.3 Å². The molecule has 0 unspecified atom stereocenters. The van der Waals surface area contributed by atoms with Crippen LogP contribution in [0.2, 0.25) is 0 Å². The van der Waals surface area contributed by atoms with Gasteiger partial charge in [-0.2, -0.15) is 0 Å². The Morgan fingerprint density at radius 3 is 2.46 bits per heavy atom. The summed E-state index contributed by atoms with van der Waals surface area (Å²) in [6.07, 6.45) is 11.5. The van der Waals surface area contributed by atoms with Gasteiger partial charge in [0.15, 0.2) is 0 Å². The van der Waals surface area contributed by atoms with Crippen LogP contribution in [-0.2, 0) is 14.3 Å². The first-order chi connectivity index (χ1) is 12.5. The topological polar surface area (TPSA) is 64.8 Å². The Labute approximate surface area is 159 Å². The average molecular weight is 367 g/mol. The van der Waals surface area contributed by atoms with E-state index in [2.05, 4.69) is 0 Å². The van der Waals surface area contributed by atoms with E-state index < -0.39 is 6.04 Å². The highest BCUT2D eigenvalue weighted by Crippen LogP contribution is 2.52. The first-order valence-corrected chi connectivity index (χ1v) is 10.7. The Morgan fingerprint density at radius 1 is 1.12 bits per heavy atom. The van der Waals surface area contributed by atoms with Gasteiger partial charge in [-0.1, -0.05) is 6.42 Å². The first-order valence-electron chi connectivity index (χ1n) is 10.7. The van der Waals surface area contributed by atoms with E-state index in [9.17, 15) is 4.79 Å². The van der Waals surface area contributed by atoms with Gasteiger partial charge in [-0.15, -0.1) is 0 Å². The van der Waals surface area contributed by atoms with Crippen LogP contribution in [0.4, 0.5) is 0 Å². The molecule has 5 heteroatoms. The van der Waals surface area contributed by atoms with Crippen LogP contribution in [0.15, 0.2) is 0 Å². The maximum atomic E-state index is 12.8. The zero-order chi connectivity index (χ0) is 18.6. The third-order valence-electron chi connectivity index (χ3n) is 7.20. The Morgan fingerprint density at radius 2 is 1.85 bits per heavy atom. The lowest BCUT2D eigenvalue weighted by atomic mass is 9.59. The summed E-state index contributed by atoms with van der Waals surface area (Å²) in [4.78, 5) is 14.7. The molecule has 0 aromatic carbocycles. The molecular formula is C21H38N2O3. The number of piperidine rings is 1. The Bertz CT molecular complexity index is 454. The molecule has 1 aliphatic heterocycles. The number of methoxy groups -OCH3 is 1. The number of hydrogen-bond acceptors (Lipinski definition) is 4. The summed E-state index contributed by atoms with van der Waals surface area (Å²) in [6, 6.07) is -0.558. The van der Waals surface area contributed by atoms with Gasteiger partial charge in [0, 0.05) is 26.8 Å². The van der Waals surface area contributed by atoms with E-state index >= 15 is 0 Å². The fourth-order valence-electron chi connectivity index (χ4n) is 5.07. The molecule has 3 atom stereocenters. The van der Waals surface area contributed by atoms with Crippen molar-refractivity contribution < 1.29 is 14.3 Å². The van der Waals surface area contributed by atoms with Crippen molar-refractivity contribution in [2.24, 2.45) is 23.0 Å². The van der Waals surface area contributed by atoms with Gasteiger partial charge in [-0.25, -0.2) is 0 Å². The third-order valence-corrected chi connectivity index (χ3v) is 7.20. The van der Waals surface area contributed by atoms with E-state index in [-0.39, 0.29) is 12.0 Å². The van der Waals surface area contributed by atoms with Crippen LogP contribution in [-0.4, -0.2) is 56.4 Å². The van der Waals surface area contributed by atoms with Gasteiger partial charge in [0.05, 0.1) is 12.7 Å². The summed E-state index contributed by atoms with van der Waals surface area (Å²) >= 11 is 0. The second kappa shape index (κ2) is 9.03. The zero-order valence-corrected chi connectivity index (χ0v) is 16.8. The molecule has 3 aliphatic rings. The normalized spacial score (nSPS) is 28.6. The molecule has 0 bridgehead atoms. The number of carbonyl (C=O) groups excluding carboxylic acids is 1. The molecule has 0 radical (unpaired) electrons. The van der Waals surface area contributed by atoms with Crippen LogP contribution in [0.25, 0.3) is 0 Å². The van der Waals surface area contributed by atoms with Crippen molar-refractivity contribution in [3.8, 4) is 0 Å². The molecule has 2 aliphatic carbocycles. The number of nitrogens with two attached hydrogens (primary N) is 1. The number of amides is 1. The molecule has 1 heterocycles. The van der Waals surface area contributed by atoms with Gasteiger partial charge in [0.2, 0.25) is 5.91 Å². The van der Waals surface area contributed by atoms with Gasteiger partial charge < -0.3 is 20.1 Å². The summed E-state index contributed by atoms with van der Waals surface area (Å²) in [5, 5.41) is 0. The lowest BCUT2D eigenvalue weighted by Crippen LogP contribution is -2.53. The van der Waals surface area contributed by atoms with Gasteiger partial charge in [0.25, 0.3) is 0 Å². The summed E-state index contributed by atoms with van der Waals surface area (Å²) in [7, 11) is 1.72. The van der Waals surface area contributed by atoms with Crippen LogP contribution in [0.1, 0.15) is 64.7 Å². The number of ether oxygens (including phenoxy) is 2. The summed E-state index contributed by atoms with van der Waals surface area (Å²) in [6.45, 7) is 5.00. The predicted molar refractivity (Wildman–Crippen MR) is 103 cm³/mol. The molecule has 0 aromatic rings. The molecule has 3 rings (SSSR count). The van der Waals surface area contributed by atoms with E-state index in [0.717, 1.165) is 32.5 Å². The van der Waals surface area contributed by atoms with Gasteiger partial charge >= 0.3 is 0 Å². The first kappa shape index (κ1) is 20.1. The lowest BCUT2D eigenvalue weighted by Gasteiger charge is -2.47. The highest BCUT2D eigenvalue weighted by molar-refractivity contribution is 5.82. The standard InChI is InChI=1S/C21H38N2O3/c1-16(26-15-17-6-10-21(11-7-17)8-4-9-21)19(22)20(24)23-12-3-5-18(13-23)14-25-2/h16-19H,3-15,22H2,1-2H3/t16-,18+,19+/m1/s1. The van der Waals surface area contributed by atoms with E-state index in [1.54, 1.807) is 7.11 Å². The average Bonchev–Trinajstić information content (AvgIpc) is 2.64. The fourth-order valence-corrected chi connectivity index (χ4v) is 5.07. The predicted octanol–water partition coefficient (Wildman–Crippen LogP) is 2.96. The minimum atomic E-state index is -0.558. The molecule has 1 spiro atoms. The van der Waals surface area contributed by atoms with Crippen molar-refractivity contribution in [2.45, 2.75) is 76.9 Å². The Balaban J connectivity index is 1.39. The molecule has 26 heavy (non-hydrogen) atoms. The molecular weight excluding hydrogens is 328 g/mol. The molecule has 5 nitrogen and oxygen atoms in total. The number of hydrogen-bond donors (Lipinski definition) is 1. The number of rotatable bonds is 7. The van der Waals surface area contributed by atoms with Gasteiger partial charge in [-0.05, 0) is 75.5 Å². The Kier molecular flexibility index (Phi) is 6.98. The summed E-state index contributed by atoms with van der Waals surface area (Å²) < 4.78 is 11.3. The maximum absolute atomic E-state index is 12.8. The number of nitrogens with zero attached hydrogens (tertiary/aromatic N) is 1. The zero-order valence-electron chi connectivity index (χ0n) is 16.8. The molecule has 0 aromatic heterocycles. The van der Waals surface area contributed by atoms with E-state index in [1.807, 2.05) is 11.8 Å². The monoisotopic (exact) mass is 366 g/mol. The van der Waals surface area contributed by atoms with Crippen molar-refractivity contribution in [1.29, 1.82) is 0 Å². The number of carbonyl (C=O) groups is 1. The van der Waals surface area contributed by atoms with Gasteiger partial charge in [-0.3, -0.25) is 4.79 Å². The second-order valence-electron chi connectivity index (χ2n) is 9.11. The van der Waals surface area contributed by atoms with E-state index in [1.165, 1.54) is 44.9 Å². The largest absolute Gasteiger partial charge is 0.384 e. The van der Waals surface area contributed by atoms with Crippen molar-refractivity contribution in [3.05, 3.63) is 0 Å². The third kappa shape index (κ3) is 4.79. The number of likely N-dealkylation sites (tertiary alicyclic amines) is 1. The molecule has 1 saturated heterocycles. The maximum Gasteiger partial charge on any atom is 0.242 e. The molecule has 150 valence electrons. The van der Waals surface area contributed by atoms with Crippen molar-refractivity contribution >= 4 is 5.91 Å². The van der Waals surface area contributed by atoms with Crippen molar-refractivity contribution in [3.63, 3.8) is 0 Å². The smallest absolute Gasteiger partial charge is 0.242 e.